The van der Waals surface area contributed by atoms with Crippen LogP contribution < -0.4 is 4.90 Å². The molecule has 21 heavy (non-hydrogen) atoms. The maximum atomic E-state index is 12.4. The van der Waals surface area contributed by atoms with E-state index in [-0.39, 0.29) is 5.91 Å². The molecule has 108 valence electrons. The first-order valence-corrected chi connectivity index (χ1v) is 6.81. The molecule has 0 saturated heterocycles. The van der Waals surface area contributed by atoms with Crippen molar-refractivity contribution in [3.05, 3.63) is 48.3 Å². The Kier molecular flexibility index (Phi) is 4.72. The Morgan fingerprint density at radius 3 is 2.71 bits per heavy atom. The van der Waals surface area contributed by atoms with Crippen LogP contribution in [0.4, 0.5) is 5.69 Å². The normalized spacial score (nSPS) is 11.7. The number of aryl methyl sites for hydroxylation is 2. The zero-order valence-electron chi connectivity index (χ0n) is 12.2. The molecule has 0 aliphatic carbocycles. The predicted octanol–water partition coefficient (Wildman–Crippen LogP) is 2.16. The molecule has 1 amide bonds. The van der Waals surface area contributed by atoms with Gasteiger partial charge < -0.3 is 4.90 Å². The van der Waals surface area contributed by atoms with Gasteiger partial charge in [0.25, 0.3) is 0 Å². The van der Waals surface area contributed by atoms with Crippen molar-refractivity contribution in [2.45, 2.75) is 12.8 Å². The molecule has 0 fully saturated rings. The molecule has 1 atom stereocenters. The summed E-state index contributed by atoms with van der Waals surface area (Å²) in [6, 6.07) is 12.0. The van der Waals surface area contributed by atoms with Crippen molar-refractivity contribution >= 4 is 11.6 Å². The molecule has 0 aliphatic heterocycles. The highest BCUT2D eigenvalue weighted by Gasteiger charge is 2.23. The largest absolute Gasteiger partial charge is 0.311 e. The molecule has 5 nitrogen and oxygen atoms in total. The Morgan fingerprint density at radius 2 is 2.14 bits per heavy atom. The number of carbonyl (C=O) groups is 1. The number of rotatable bonds is 5. The van der Waals surface area contributed by atoms with Gasteiger partial charge in [-0.15, -0.1) is 0 Å². The second-order valence-corrected chi connectivity index (χ2v) is 4.98. The fraction of sp³-hybridized carbons (Fsp3) is 0.312. The molecule has 0 bridgehead atoms. The highest BCUT2D eigenvalue weighted by atomic mass is 16.2. The van der Waals surface area contributed by atoms with Crippen molar-refractivity contribution in [1.29, 1.82) is 5.26 Å². The first kappa shape index (κ1) is 14.8. The van der Waals surface area contributed by atoms with Gasteiger partial charge in [0.05, 0.1) is 18.0 Å². The minimum Gasteiger partial charge on any atom is -0.311 e. The number of anilines is 1. The fourth-order valence-electron chi connectivity index (χ4n) is 2.14. The fourth-order valence-corrected chi connectivity index (χ4v) is 2.14. The molecule has 0 spiro atoms. The van der Waals surface area contributed by atoms with Crippen LogP contribution in [0.1, 0.15) is 12.0 Å². The lowest BCUT2D eigenvalue weighted by Gasteiger charge is -2.18. The molecule has 1 aromatic heterocycles. The summed E-state index contributed by atoms with van der Waals surface area (Å²) in [6.07, 6.45) is 4.60. The van der Waals surface area contributed by atoms with Crippen LogP contribution in [0.5, 0.6) is 0 Å². The van der Waals surface area contributed by atoms with Crippen molar-refractivity contribution < 1.29 is 4.79 Å². The zero-order valence-corrected chi connectivity index (χ0v) is 12.2. The van der Waals surface area contributed by atoms with Crippen LogP contribution >= 0.6 is 0 Å². The van der Waals surface area contributed by atoms with Crippen molar-refractivity contribution in [3.8, 4) is 6.07 Å². The quantitative estimate of drug-likeness (QED) is 0.844. The highest BCUT2D eigenvalue weighted by Crippen LogP contribution is 2.17. The van der Waals surface area contributed by atoms with E-state index in [4.69, 9.17) is 0 Å². The second-order valence-electron chi connectivity index (χ2n) is 4.98. The van der Waals surface area contributed by atoms with E-state index in [2.05, 4.69) is 11.2 Å². The number of hydrogen-bond donors (Lipinski definition) is 0. The second kappa shape index (κ2) is 6.71. The first-order chi connectivity index (χ1) is 10.1. The van der Waals surface area contributed by atoms with Crippen LogP contribution in [-0.4, -0.2) is 22.7 Å². The summed E-state index contributed by atoms with van der Waals surface area (Å²) >= 11 is 0. The van der Waals surface area contributed by atoms with E-state index < -0.39 is 5.92 Å². The molecule has 5 heteroatoms. The molecule has 0 aliphatic rings. The smallest absolute Gasteiger partial charge is 0.244 e. The first-order valence-electron chi connectivity index (χ1n) is 6.81. The molecule has 0 saturated carbocycles. The van der Waals surface area contributed by atoms with E-state index in [1.54, 1.807) is 31.2 Å². The summed E-state index contributed by atoms with van der Waals surface area (Å²) in [7, 11) is 3.46. The highest BCUT2D eigenvalue weighted by molar-refractivity contribution is 5.95. The van der Waals surface area contributed by atoms with Crippen molar-refractivity contribution in [1.82, 2.24) is 9.78 Å². The SMILES string of the molecule is CN(C(=O)C(C#N)CCc1ccccc1)c1cnn(C)c1. The topological polar surface area (TPSA) is 61.9 Å². The number of nitrogens with zero attached hydrogens (tertiary/aromatic N) is 4. The van der Waals surface area contributed by atoms with E-state index in [9.17, 15) is 10.1 Å². The lowest BCUT2D eigenvalue weighted by atomic mass is 9.99. The van der Waals surface area contributed by atoms with E-state index in [1.165, 1.54) is 4.90 Å². The third-order valence-electron chi connectivity index (χ3n) is 3.43. The maximum Gasteiger partial charge on any atom is 0.244 e. The third-order valence-corrected chi connectivity index (χ3v) is 3.43. The maximum absolute atomic E-state index is 12.4. The van der Waals surface area contributed by atoms with E-state index >= 15 is 0 Å². The molecular formula is C16H18N4O. The summed E-state index contributed by atoms with van der Waals surface area (Å²) in [6.45, 7) is 0. The number of hydrogen-bond acceptors (Lipinski definition) is 3. The lowest BCUT2D eigenvalue weighted by molar-refractivity contribution is -0.120. The van der Waals surface area contributed by atoms with Gasteiger partial charge in [0.15, 0.2) is 0 Å². The van der Waals surface area contributed by atoms with Crippen molar-refractivity contribution in [2.75, 3.05) is 11.9 Å². The number of benzene rings is 1. The Labute approximate surface area is 124 Å². The zero-order chi connectivity index (χ0) is 15.2. The van der Waals surface area contributed by atoms with Gasteiger partial charge in [-0.05, 0) is 18.4 Å². The number of aromatic nitrogens is 2. The van der Waals surface area contributed by atoms with Crippen LogP contribution in [0.2, 0.25) is 0 Å². The number of nitriles is 1. The summed E-state index contributed by atoms with van der Waals surface area (Å²) in [5, 5.41) is 13.3. The lowest BCUT2D eigenvalue weighted by Crippen LogP contribution is -2.32. The van der Waals surface area contributed by atoms with Crippen LogP contribution in [0, 0.1) is 17.2 Å². The molecule has 0 radical (unpaired) electrons. The van der Waals surface area contributed by atoms with E-state index in [0.29, 0.717) is 18.5 Å². The van der Waals surface area contributed by atoms with Gasteiger partial charge in [-0.3, -0.25) is 9.48 Å². The monoisotopic (exact) mass is 282 g/mol. The van der Waals surface area contributed by atoms with Gasteiger partial charge in [-0.25, -0.2) is 0 Å². The molecule has 2 rings (SSSR count). The van der Waals surface area contributed by atoms with Gasteiger partial charge in [0.1, 0.15) is 5.92 Å². The summed E-state index contributed by atoms with van der Waals surface area (Å²) in [5.74, 6) is -0.836. The Morgan fingerprint density at radius 1 is 1.43 bits per heavy atom. The van der Waals surface area contributed by atoms with E-state index in [0.717, 1.165) is 5.56 Å². The average molecular weight is 282 g/mol. The van der Waals surface area contributed by atoms with Gasteiger partial charge >= 0.3 is 0 Å². The molecule has 1 aromatic carbocycles. The van der Waals surface area contributed by atoms with Crippen molar-refractivity contribution in [3.63, 3.8) is 0 Å². The standard InChI is InChI=1S/C16H18N4O/c1-19-12-15(11-18-19)20(2)16(21)14(10-17)9-8-13-6-4-3-5-7-13/h3-7,11-12,14H,8-9H2,1-2H3. The average Bonchev–Trinajstić information content (AvgIpc) is 2.94. The third kappa shape index (κ3) is 3.69. The van der Waals surface area contributed by atoms with Crippen molar-refractivity contribution in [2.24, 2.45) is 13.0 Å². The van der Waals surface area contributed by atoms with Crippen LogP contribution in [0.15, 0.2) is 42.7 Å². The van der Waals surface area contributed by atoms with Gasteiger partial charge in [0.2, 0.25) is 5.91 Å². The summed E-state index contributed by atoms with van der Waals surface area (Å²) < 4.78 is 1.63. The van der Waals surface area contributed by atoms with Gasteiger partial charge in [-0.2, -0.15) is 10.4 Å². The predicted molar refractivity (Wildman–Crippen MR) is 80.5 cm³/mol. The molecular weight excluding hydrogens is 264 g/mol. The van der Waals surface area contributed by atoms with Crippen LogP contribution in [0.3, 0.4) is 0 Å². The summed E-state index contributed by atoms with van der Waals surface area (Å²) in [4.78, 5) is 13.9. The molecule has 0 N–H and O–H groups in total. The Balaban J connectivity index is 2.00. The Bertz CT molecular complexity index is 642. The number of carbonyl (C=O) groups excluding carboxylic acids is 1. The number of amides is 1. The van der Waals surface area contributed by atoms with Gasteiger partial charge in [-0.1, -0.05) is 30.3 Å². The summed E-state index contributed by atoms with van der Waals surface area (Å²) in [5.41, 5.74) is 1.83. The minimum atomic E-state index is -0.643. The van der Waals surface area contributed by atoms with Crippen LogP contribution in [0.25, 0.3) is 0 Å². The molecule has 1 unspecified atom stereocenters. The Hall–Kier alpha value is -2.61. The van der Waals surface area contributed by atoms with Crippen LogP contribution in [-0.2, 0) is 18.3 Å². The minimum absolute atomic E-state index is 0.193. The van der Waals surface area contributed by atoms with Gasteiger partial charge in [0, 0.05) is 20.3 Å². The molecule has 1 heterocycles. The molecule has 2 aromatic rings. The van der Waals surface area contributed by atoms with E-state index in [1.807, 2.05) is 30.3 Å².